The van der Waals surface area contributed by atoms with Crippen LogP contribution in [0.4, 0.5) is 0 Å². The molecule has 1 aromatic rings. The van der Waals surface area contributed by atoms with Gasteiger partial charge in [-0.1, -0.05) is 37.3 Å². The Hall–Kier alpha value is -0.360. The average molecular weight is 281 g/mol. The van der Waals surface area contributed by atoms with Crippen molar-refractivity contribution in [3.8, 4) is 0 Å². The van der Waals surface area contributed by atoms with Gasteiger partial charge in [-0.05, 0) is 6.54 Å². The first-order chi connectivity index (χ1) is 8.10. The van der Waals surface area contributed by atoms with Gasteiger partial charge < -0.3 is 19.6 Å². The Morgan fingerprint density at radius 1 is 1.59 bits per heavy atom. The van der Waals surface area contributed by atoms with E-state index in [1.165, 1.54) is 7.11 Å². The van der Waals surface area contributed by atoms with Crippen molar-refractivity contribution < 1.29 is 13.8 Å². The molecule has 2 N–H and O–H groups in total. The second kappa shape index (κ2) is 9.65. The van der Waals surface area contributed by atoms with Gasteiger partial charge in [-0.2, -0.15) is 4.98 Å². The molecule has 0 amide bonds. The van der Waals surface area contributed by atoms with Crippen LogP contribution in [0.25, 0.3) is 0 Å². The van der Waals surface area contributed by atoms with Crippen LogP contribution in [-0.2, 0) is 9.30 Å². The maximum atomic E-state index is 10.5. The molecule has 2 atom stereocenters. The van der Waals surface area contributed by atoms with E-state index in [0.29, 0.717) is 11.7 Å². The Morgan fingerprint density at radius 3 is 2.53 bits per heavy atom. The third-order valence-corrected chi connectivity index (χ3v) is 3.40. The molecule has 1 heterocycles. The Balaban J connectivity index is 0.000000770. The Morgan fingerprint density at radius 2 is 2.18 bits per heavy atom. The molecule has 0 aliphatic rings. The second-order valence-corrected chi connectivity index (χ2v) is 5.64. The zero-order valence-electron chi connectivity index (χ0n) is 10.5. The quantitative estimate of drug-likeness (QED) is 0.653. The van der Waals surface area contributed by atoms with Crippen molar-refractivity contribution in [3.05, 3.63) is 11.7 Å². The van der Waals surface area contributed by atoms with E-state index < -0.39 is 13.1 Å². The average Bonchev–Trinajstić information content (AvgIpc) is 2.76. The van der Waals surface area contributed by atoms with Crippen LogP contribution in [0.5, 0.6) is 0 Å². The minimum Gasteiger partial charge on any atom is -0.360 e. The molecule has 0 bridgehead atoms. The van der Waals surface area contributed by atoms with E-state index in [2.05, 4.69) is 10.1 Å². The number of nitrogens with two attached hydrogens (primary N) is 1. The minimum atomic E-state index is -0.948. The van der Waals surface area contributed by atoms with Crippen LogP contribution in [0.1, 0.15) is 43.8 Å². The fraction of sp³-hybridized carbons (Fsp3) is 0.778. The highest BCUT2D eigenvalue weighted by Crippen LogP contribution is 2.36. The summed E-state index contributed by atoms with van der Waals surface area (Å²) in [4.78, 5) is 4.15. The summed E-state index contributed by atoms with van der Waals surface area (Å²) in [5.74, 6) is 1.24. The van der Waals surface area contributed by atoms with Crippen molar-refractivity contribution in [1.29, 1.82) is 0 Å². The summed E-state index contributed by atoms with van der Waals surface area (Å²) in [6.45, 7) is 6.60. The number of hydrogen-bond acceptors (Lipinski definition) is 7. The van der Waals surface area contributed by atoms with Crippen molar-refractivity contribution in [3.63, 3.8) is 0 Å². The smallest absolute Gasteiger partial charge is 0.266 e. The van der Waals surface area contributed by atoms with E-state index in [4.69, 9.17) is 15.0 Å². The van der Waals surface area contributed by atoms with Crippen molar-refractivity contribution >= 4 is 19.0 Å². The lowest BCUT2D eigenvalue weighted by atomic mass is 10.2. The summed E-state index contributed by atoms with van der Waals surface area (Å²) in [5.41, 5.74) is 4.43. The van der Waals surface area contributed by atoms with Gasteiger partial charge in [0, 0.05) is 13.0 Å². The molecule has 0 spiro atoms. The molecule has 0 aliphatic carbocycles. The lowest BCUT2D eigenvalue weighted by Crippen LogP contribution is -1.96. The van der Waals surface area contributed by atoms with E-state index >= 15 is 0 Å². The van der Waals surface area contributed by atoms with Crippen LogP contribution in [0, 0.1) is 0 Å². The summed E-state index contributed by atoms with van der Waals surface area (Å²) in [5, 5.41) is 3.79. The molecule has 1 aromatic heterocycles. The second-order valence-electron chi connectivity index (χ2n) is 3.35. The van der Waals surface area contributed by atoms with Gasteiger partial charge in [0.1, 0.15) is 7.66 Å². The number of ether oxygens (including phenoxy) is 1. The predicted octanol–water partition coefficient (Wildman–Crippen LogP) is 2.21. The number of methoxy groups -OCH3 is 1. The molecule has 17 heavy (non-hydrogen) atoms. The molecular weight excluding hydrogens is 261 g/mol. The van der Waals surface area contributed by atoms with Gasteiger partial charge in [0.05, 0.1) is 0 Å². The highest BCUT2D eigenvalue weighted by molar-refractivity contribution is 8.45. The van der Waals surface area contributed by atoms with Gasteiger partial charge >= 0.3 is 0 Å². The van der Waals surface area contributed by atoms with Crippen molar-refractivity contribution in [2.45, 2.75) is 32.1 Å². The van der Waals surface area contributed by atoms with E-state index in [9.17, 15) is 4.57 Å². The van der Waals surface area contributed by atoms with Crippen LogP contribution in [0.15, 0.2) is 4.52 Å². The molecular formula is C9H20N3O3PS. The first-order valence-electron chi connectivity index (χ1n) is 5.26. The molecule has 6 nitrogen and oxygen atoms in total. The maximum absolute atomic E-state index is 10.5. The molecule has 0 saturated carbocycles. The Labute approximate surface area is 107 Å². The Bertz CT molecular complexity index is 322. The first kappa shape index (κ1) is 16.6. The third-order valence-electron chi connectivity index (χ3n) is 1.57. The fourth-order valence-corrected chi connectivity index (χ4v) is 2.25. The highest BCUT2D eigenvalue weighted by Gasteiger charge is 2.19. The molecule has 0 saturated heterocycles. The van der Waals surface area contributed by atoms with E-state index in [1.807, 2.05) is 20.8 Å². The van der Waals surface area contributed by atoms with Gasteiger partial charge in [-0.25, -0.2) is 0 Å². The summed E-state index contributed by atoms with van der Waals surface area (Å²) in [7, 11) is 0.572. The first-order valence-corrected chi connectivity index (χ1v) is 8.08. The monoisotopic (exact) mass is 281 g/mol. The summed E-state index contributed by atoms with van der Waals surface area (Å²) < 4.78 is 20.5. The number of rotatable bonds is 5. The SMILES string of the molecule is CCN.COC(S[PH2]=O)c1nc(C(C)C)no1. The largest absolute Gasteiger partial charge is 0.360 e. The number of nitrogens with zero attached hydrogens (tertiary/aromatic N) is 2. The Kier molecular flexibility index (Phi) is 9.44. The van der Waals surface area contributed by atoms with E-state index in [-0.39, 0.29) is 5.92 Å². The lowest BCUT2D eigenvalue weighted by molar-refractivity contribution is 0.143. The van der Waals surface area contributed by atoms with E-state index in [0.717, 1.165) is 17.9 Å². The fourth-order valence-electron chi connectivity index (χ4n) is 0.843. The predicted molar refractivity (Wildman–Crippen MR) is 70.9 cm³/mol. The maximum Gasteiger partial charge on any atom is 0.266 e. The molecule has 0 fully saturated rings. The van der Waals surface area contributed by atoms with Crippen LogP contribution < -0.4 is 5.73 Å². The summed E-state index contributed by atoms with van der Waals surface area (Å²) in [6.07, 6.45) is 0. The molecule has 8 heteroatoms. The van der Waals surface area contributed by atoms with Crippen LogP contribution in [0.3, 0.4) is 0 Å². The number of hydrogen-bond donors (Lipinski definition) is 1. The molecule has 2 unspecified atom stereocenters. The molecule has 0 radical (unpaired) electrons. The highest BCUT2D eigenvalue weighted by atomic mass is 32.7. The number of aromatic nitrogens is 2. The van der Waals surface area contributed by atoms with Crippen molar-refractivity contribution in [2.75, 3.05) is 13.7 Å². The van der Waals surface area contributed by atoms with Gasteiger partial charge in [0.15, 0.2) is 11.3 Å². The van der Waals surface area contributed by atoms with E-state index in [1.54, 1.807) is 0 Å². The van der Waals surface area contributed by atoms with Gasteiger partial charge in [0.25, 0.3) is 5.89 Å². The third kappa shape index (κ3) is 6.21. The molecule has 0 aliphatic heterocycles. The molecule has 1 rings (SSSR count). The van der Waals surface area contributed by atoms with Crippen LogP contribution >= 0.6 is 19.0 Å². The van der Waals surface area contributed by atoms with Crippen LogP contribution in [-0.4, -0.2) is 23.8 Å². The topological polar surface area (TPSA) is 91.2 Å². The molecule has 100 valence electrons. The standard InChI is InChI=1S/C7H13N2O3PS.C2H7N/c1-4(2)5-8-6(12-9-5)7(11-3)14-13-10;1-2-3/h4,7H,13H2,1-3H3;2-3H2,1H3. The lowest BCUT2D eigenvalue weighted by Gasteiger charge is -2.04. The van der Waals surface area contributed by atoms with Crippen molar-refractivity contribution in [1.82, 2.24) is 10.1 Å². The summed E-state index contributed by atoms with van der Waals surface area (Å²) in [6, 6.07) is 0. The minimum absolute atomic E-state index is 0.217. The normalized spacial score (nSPS) is 12.8. The zero-order valence-corrected chi connectivity index (χ0v) is 12.5. The molecule has 0 aromatic carbocycles. The van der Waals surface area contributed by atoms with Crippen molar-refractivity contribution in [2.24, 2.45) is 5.73 Å². The van der Waals surface area contributed by atoms with Gasteiger partial charge in [0.2, 0.25) is 0 Å². The van der Waals surface area contributed by atoms with Gasteiger partial charge in [-0.15, -0.1) is 0 Å². The van der Waals surface area contributed by atoms with Gasteiger partial charge in [-0.3, -0.25) is 0 Å². The van der Waals surface area contributed by atoms with Crippen LogP contribution in [0.2, 0.25) is 0 Å². The zero-order chi connectivity index (χ0) is 13.3. The summed E-state index contributed by atoms with van der Waals surface area (Å²) >= 11 is 1.16.